The quantitative estimate of drug-likeness (QED) is 0.450. The third kappa shape index (κ3) is 4.39. The Kier molecular flexibility index (Phi) is 6.12. The van der Waals surface area contributed by atoms with Crippen molar-refractivity contribution in [3.05, 3.63) is 86.2 Å². The van der Waals surface area contributed by atoms with Gasteiger partial charge in [-0.3, -0.25) is 9.59 Å². The number of allylic oxidation sites excluding steroid dienone is 4. The van der Waals surface area contributed by atoms with Gasteiger partial charge in [-0.05, 0) is 46.9 Å². The normalized spacial score (nSPS) is 21.6. The molecule has 0 spiro atoms. The number of nitrogens with zero attached hydrogens (tertiary/aromatic N) is 1. The van der Waals surface area contributed by atoms with Crippen LogP contribution >= 0.6 is 23.2 Å². The maximum atomic E-state index is 13.8. The lowest BCUT2D eigenvalue weighted by atomic mass is 9.63. The molecule has 36 heavy (non-hydrogen) atoms. The Morgan fingerprint density at radius 1 is 0.833 bits per heavy atom. The van der Waals surface area contributed by atoms with Crippen molar-refractivity contribution in [1.82, 2.24) is 4.90 Å². The van der Waals surface area contributed by atoms with E-state index in [0.717, 1.165) is 29.8 Å². The van der Waals surface area contributed by atoms with Gasteiger partial charge in [0.05, 0.1) is 10.0 Å². The van der Waals surface area contributed by atoms with Crippen molar-refractivity contribution >= 4 is 34.8 Å². The Hall–Kier alpha value is -2.56. The summed E-state index contributed by atoms with van der Waals surface area (Å²) in [5.41, 5.74) is 4.67. The average Bonchev–Trinajstić information content (AvgIpc) is 2.77. The number of halogens is 2. The van der Waals surface area contributed by atoms with Crippen LogP contribution in [0.4, 0.5) is 0 Å². The monoisotopic (exact) mass is 523 g/mol. The SMILES string of the molecule is CC1(C)CC(=O)C2=C(C1)N(Cc1ccccc1)C1=C(C(=O)CC(C)(C)C1)C2c1cc(Cl)c(O)c(Cl)c1. The summed E-state index contributed by atoms with van der Waals surface area (Å²) >= 11 is 12.7. The zero-order chi connectivity index (χ0) is 26.0. The van der Waals surface area contributed by atoms with Gasteiger partial charge in [0.25, 0.3) is 0 Å². The van der Waals surface area contributed by atoms with Gasteiger partial charge in [-0.15, -0.1) is 0 Å². The number of carbonyl (C=O) groups excluding carboxylic acids is 2. The first-order chi connectivity index (χ1) is 16.9. The second-order valence-corrected chi connectivity index (χ2v) is 12.8. The number of rotatable bonds is 3. The van der Waals surface area contributed by atoms with E-state index in [1.807, 2.05) is 18.2 Å². The summed E-state index contributed by atoms with van der Waals surface area (Å²) in [7, 11) is 0. The summed E-state index contributed by atoms with van der Waals surface area (Å²) < 4.78 is 0. The standard InChI is InChI=1S/C30H31Cl2NO3/c1-29(2)12-21-26(23(34)14-29)25(18-10-19(31)28(36)20(32)11-18)27-22(13-30(3,4)15-24(27)35)33(21)16-17-8-6-5-7-9-17/h5-11,25,36H,12-16H2,1-4H3. The topological polar surface area (TPSA) is 57.6 Å². The van der Waals surface area contributed by atoms with Gasteiger partial charge in [0.2, 0.25) is 0 Å². The van der Waals surface area contributed by atoms with Crippen molar-refractivity contribution in [2.75, 3.05) is 0 Å². The van der Waals surface area contributed by atoms with E-state index < -0.39 is 5.92 Å². The molecule has 188 valence electrons. The molecule has 0 aromatic heterocycles. The third-order valence-electron chi connectivity index (χ3n) is 7.58. The fourth-order valence-electron chi connectivity index (χ4n) is 6.09. The van der Waals surface area contributed by atoms with Crippen molar-refractivity contribution in [1.29, 1.82) is 0 Å². The van der Waals surface area contributed by atoms with Crippen LogP contribution in [0.15, 0.2) is 65.0 Å². The minimum Gasteiger partial charge on any atom is -0.505 e. The first kappa shape index (κ1) is 25.1. The molecule has 2 aliphatic carbocycles. The summed E-state index contributed by atoms with van der Waals surface area (Å²) in [5, 5.41) is 10.4. The van der Waals surface area contributed by atoms with E-state index in [2.05, 4.69) is 44.7 Å². The minimum atomic E-state index is -0.551. The lowest BCUT2D eigenvalue weighted by Gasteiger charge is -2.49. The first-order valence-electron chi connectivity index (χ1n) is 12.4. The zero-order valence-corrected chi connectivity index (χ0v) is 22.6. The Bertz CT molecular complexity index is 1260. The first-order valence-corrected chi connectivity index (χ1v) is 13.1. The van der Waals surface area contributed by atoms with E-state index in [9.17, 15) is 14.7 Å². The van der Waals surface area contributed by atoms with Gasteiger partial charge in [-0.25, -0.2) is 0 Å². The maximum absolute atomic E-state index is 13.8. The molecule has 0 amide bonds. The van der Waals surface area contributed by atoms with Crippen LogP contribution in [0.3, 0.4) is 0 Å². The van der Waals surface area contributed by atoms with E-state index in [0.29, 0.717) is 36.1 Å². The van der Waals surface area contributed by atoms with Gasteiger partial charge >= 0.3 is 0 Å². The lowest BCUT2D eigenvalue weighted by Crippen LogP contribution is -2.44. The van der Waals surface area contributed by atoms with Crippen molar-refractivity contribution in [3.63, 3.8) is 0 Å². The van der Waals surface area contributed by atoms with Gasteiger partial charge < -0.3 is 10.0 Å². The summed E-state index contributed by atoms with van der Waals surface area (Å²) in [4.78, 5) is 29.9. The molecule has 5 rings (SSSR count). The number of hydrogen-bond donors (Lipinski definition) is 1. The molecule has 0 saturated carbocycles. The highest BCUT2D eigenvalue weighted by Crippen LogP contribution is 2.55. The van der Waals surface area contributed by atoms with E-state index in [-0.39, 0.29) is 38.2 Å². The second kappa shape index (κ2) is 8.78. The molecule has 0 bridgehead atoms. The smallest absolute Gasteiger partial charge is 0.162 e. The molecule has 2 aromatic carbocycles. The molecule has 0 unspecified atom stereocenters. The van der Waals surface area contributed by atoms with Crippen LogP contribution < -0.4 is 0 Å². The third-order valence-corrected chi connectivity index (χ3v) is 8.15. The van der Waals surface area contributed by atoms with Crippen LogP contribution in [0.25, 0.3) is 0 Å². The molecule has 6 heteroatoms. The number of hydrogen-bond acceptors (Lipinski definition) is 4. The average molecular weight is 524 g/mol. The minimum absolute atomic E-state index is 0.0498. The van der Waals surface area contributed by atoms with Crippen molar-refractivity contribution < 1.29 is 14.7 Å². The highest BCUT2D eigenvalue weighted by atomic mass is 35.5. The molecule has 1 heterocycles. The van der Waals surface area contributed by atoms with Crippen LogP contribution in [0.1, 0.15) is 70.4 Å². The summed E-state index contributed by atoms with van der Waals surface area (Å²) in [6.45, 7) is 9.09. The molecule has 0 atom stereocenters. The molecule has 1 aliphatic heterocycles. The number of carbonyl (C=O) groups is 2. The van der Waals surface area contributed by atoms with Crippen LogP contribution in [-0.4, -0.2) is 21.6 Å². The Labute approximate surface area is 222 Å². The van der Waals surface area contributed by atoms with Gasteiger partial charge in [0.15, 0.2) is 17.3 Å². The van der Waals surface area contributed by atoms with Crippen molar-refractivity contribution in [2.45, 2.75) is 65.8 Å². The van der Waals surface area contributed by atoms with Crippen LogP contribution in [0, 0.1) is 10.8 Å². The van der Waals surface area contributed by atoms with Gasteiger partial charge in [-0.2, -0.15) is 0 Å². The summed E-state index contributed by atoms with van der Waals surface area (Å²) in [6, 6.07) is 13.5. The molecule has 0 radical (unpaired) electrons. The molecule has 0 saturated heterocycles. The second-order valence-electron chi connectivity index (χ2n) is 11.9. The number of ketones is 2. The van der Waals surface area contributed by atoms with Crippen molar-refractivity contribution in [3.8, 4) is 5.75 Å². The summed E-state index contributed by atoms with van der Waals surface area (Å²) in [5.74, 6) is -0.647. The number of aromatic hydroxyl groups is 1. The Morgan fingerprint density at radius 3 is 1.78 bits per heavy atom. The molecule has 1 N–H and O–H groups in total. The van der Waals surface area contributed by atoms with Gasteiger partial charge in [-0.1, -0.05) is 81.2 Å². The molecule has 2 aromatic rings. The fraction of sp³-hybridized carbons (Fsp3) is 0.400. The number of phenols is 1. The Balaban J connectivity index is 1.79. The zero-order valence-electron chi connectivity index (χ0n) is 21.1. The van der Waals surface area contributed by atoms with Crippen LogP contribution in [0.5, 0.6) is 5.75 Å². The molecular weight excluding hydrogens is 493 g/mol. The lowest BCUT2D eigenvalue weighted by molar-refractivity contribution is -0.119. The summed E-state index contributed by atoms with van der Waals surface area (Å²) in [6.07, 6.45) is 2.26. The van der Waals surface area contributed by atoms with Crippen LogP contribution in [0.2, 0.25) is 10.0 Å². The van der Waals surface area contributed by atoms with E-state index in [1.165, 1.54) is 0 Å². The number of Topliss-reactive ketones (excluding diaryl/α,β-unsaturated/α-hetero) is 2. The van der Waals surface area contributed by atoms with E-state index in [1.54, 1.807) is 12.1 Å². The van der Waals surface area contributed by atoms with Crippen molar-refractivity contribution in [2.24, 2.45) is 10.8 Å². The number of benzene rings is 2. The van der Waals surface area contributed by atoms with Gasteiger partial charge in [0, 0.05) is 47.8 Å². The molecular formula is C30H31Cl2NO3. The molecule has 4 nitrogen and oxygen atoms in total. The van der Waals surface area contributed by atoms with Crippen LogP contribution in [-0.2, 0) is 16.1 Å². The predicted octanol–water partition coefficient (Wildman–Crippen LogP) is 7.58. The largest absolute Gasteiger partial charge is 0.505 e. The predicted molar refractivity (Wildman–Crippen MR) is 143 cm³/mol. The fourth-order valence-corrected chi connectivity index (χ4v) is 6.59. The van der Waals surface area contributed by atoms with E-state index >= 15 is 0 Å². The highest BCUT2D eigenvalue weighted by Gasteiger charge is 2.49. The van der Waals surface area contributed by atoms with E-state index in [4.69, 9.17) is 23.2 Å². The molecule has 0 fully saturated rings. The Morgan fingerprint density at radius 2 is 1.31 bits per heavy atom. The highest BCUT2D eigenvalue weighted by molar-refractivity contribution is 6.37. The molecule has 3 aliphatic rings. The van der Waals surface area contributed by atoms with Gasteiger partial charge in [0.1, 0.15) is 0 Å². The number of phenolic OH excluding ortho intramolecular Hbond substituents is 1. The maximum Gasteiger partial charge on any atom is 0.162 e.